The van der Waals surface area contributed by atoms with E-state index in [0.29, 0.717) is 4.91 Å². The second kappa shape index (κ2) is 6.07. The van der Waals surface area contributed by atoms with Gasteiger partial charge in [0.25, 0.3) is 5.91 Å². The normalized spacial score (nSPS) is 11.8. The third kappa shape index (κ3) is 2.63. The Kier molecular flexibility index (Phi) is 3.98. The standard InChI is InChI=1S/C17H14N2O2S/c1-22-16(17(20)19-10-18)9-11-6-7-15-13(8-11)12-4-2-3-5-14(12)21-15/h2-10H,1H3,(H2,18,19,20)/b16-9-. The number of carbonyl (C=O) groups excluding carboxylic acids is 1. The van der Waals surface area contributed by atoms with E-state index >= 15 is 0 Å². The predicted octanol–water partition coefficient (Wildman–Crippen LogP) is 4.01. The minimum absolute atomic E-state index is 0.278. The number of hydrogen-bond donors (Lipinski definition) is 2. The van der Waals surface area contributed by atoms with Crippen molar-refractivity contribution in [3.05, 3.63) is 52.9 Å². The molecule has 0 saturated heterocycles. The van der Waals surface area contributed by atoms with Gasteiger partial charge in [0.15, 0.2) is 0 Å². The maximum atomic E-state index is 11.8. The second-order valence-corrected chi connectivity index (χ2v) is 5.53. The lowest BCUT2D eigenvalue weighted by molar-refractivity contribution is -0.115. The van der Waals surface area contributed by atoms with Gasteiger partial charge in [-0.3, -0.25) is 10.2 Å². The Morgan fingerprint density at radius 2 is 1.95 bits per heavy atom. The van der Waals surface area contributed by atoms with Crippen molar-refractivity contribution in [3.63, 3.8) is 0 Å². The number of amides is 1. The number of carbonyl (C=O) groups is 1. The van der Waals surface area contributed by atoms with E-state index in [-0.39, 0.29) is 5.91 Å². The van der Waals surface area contributed by atoms with Gasteiger partial charge in [0.05, 0.1) is 11.2 Å². The molecule has 0 radical (unpaired) electrons. The smallest absolute Gasteiger partial charge is 0.262 e. The van der Waals surface area contributed by atoms with Gasteiger partial charge in [-0.2, -0.15) is 0 Å². The van der Waals surface area contributed by atoms with Crippen molar-refractivity contribution in [2.45, 2.75) is 0 Å². The summed E-state index contributed by atoms with van der Waals surface area (Å²) in [6.45, 7) is 0. The van der Waals surface area contributed by atoms with Gasteiger partial charge in [-0.15, -0.1) is 11.8 Å². The highest BCUT2D eigenvalue weighted by atomic mass is 32.2. The van der Waals surface area contributed by atoms with Gasteiger partial charge in [-0.05, 0) is 36.1 Å². The molecule has 3 rings (SSSR count). The van der Waals surface area contributed by atoms with Crippen LogP contribution in [-0.2, 0) is 4.79 Å². The highest BCUT2D eigenvalue weighted by molar-refractivity contribution is 8.03. The summed E-state index contributed by atoms with van der Waals surface area (Å²) in [6.07, 6.45) is 4.53. The number of fused-ring (bicyclic) bond motifs is 3. The molecule has 0 aliphatic carbocycles. The lowest BCUT2D eigenvalue weighted by atomic mass is 10.1. The summed E-state index contributed by atoms with van der Waals surface area (Å²) < 4.78 is 5.79. The zero-order valence-electron chi connectivity index (χ0n) is 11.9. The maximum Gasteiger partial charge on any atom is 0.262 e. The fourth-order valence-electron chi connectivity index (χ4n) is 2.34. The fourth-order valence-corrected chi connectivity index (χ4v) is 2.84. The Labute approximate surface area is 131 Å². The Morgan fingerprint density at radius 3 is 2.73 bits per heavy atom. The van der Waals surface area contributed by atoms with Gasteiger partial charge in [-0.25, -0.2) is 0 Å². The van der Waals surface area contributed by atoms with Crippen LogP contribution in [0.1, 0.15) is 5.56 Å². The lowest BCUT2D eigenvalue weighted by Crippen LogP contribution is -2.21. The summed E-state index contributed by atoms with van der Waals surface area (Å²) in [5.41, 5.74) is 2.60. The van der Waals surface area contributed by atoms with Gasteiger partial charge in [0, 0.05) is 10.8 Å². The van der Waals surface area contributed by atoms with Crippen molar-refractivity contribution < 1.29 is 9.21 Å². The molecule has 2 aromatic carbocycles. The average molecular weight is 310 g/mol. The molecule has 0 unspecified atom stereocenters. The molecule has 1 heterocycles. The van der Waals surface area contributed by atoms with Gasteiger partial charge in [0.1, 0.15) is 11.2 Å². The molecule has 1 aromatic heterocycles. The van der Waals surface area contributed by atoms with Crippen LogP contribution in [0, 0.1) is 5.41 Å². The van der Waals surface area contributed by atoms with E-state index < -0.39 is 0 Å². The van der Waals surface area contributed by atoms with E-state index in [1.807, 2.05) is 54.8 Å². The zero-order chi connectivity index (χ0) is 15.5. The molecular formula is C17H14N2O2S. The largest absolute Gasteiger partial charge is 0.456 e. The zero-order valence-corrected chi connectivity index (χ0v) is 12.7. The number of furan rings is 1. The molecule has 5 heteroatoms. The summed E-state index contributed by atoms with van der Waals surface area (Å²) in [5.74, 6) is -0.278. The highest BCUT2D eigenvalue weighted by Gasteiger charge is 2.09. The Bertz CT molecular complexity index is 896. The summed E-state index contributed by atoms with van der Waals surface area (Å²) in [4.78, 5) is 12.4. The van der Waals surface area contributed by atoms with E-state index in [4.69, 9.17) is 9.83 Å². The van der Waals surface area contributed by atoms with Crippen LogP contribution in [0.5, 0.6) is 0 Å². The Balaban J connectivity index is 2.09. The van der Waals surface area contributed by atoms with Crippen molar-refractivity contribution in [2.24, 2.45) is 0 Å². The first-order valence-electron chi connectivity index (χ1n) is 6.69. The van der Waals surface area contributed by atoms with Crippen LogP contribution in [0.4, 0.5) is 0 Å². The van der Waals surface area contributed by atoms with Gasteiger partial charge in [-0.1, -0.05) is 24.3 Å². The van der Waals surface area contributed by atoms with Crippen molar-refractivity contribution in [1.82, 2.24) is 5.32 Å². The molecule has 0 spiro atoms. The van der Waals surface area contributed by atoms with Crippen LogP contribution in [-0.4, -0.2) is 18.5 Å². The maximum absolute atomic E-state index is 11.8. The van der Waals surface area contributed by atoms with E-state index in [9.17, 15) is 4.79 Å². The molecule has 4 nitrogen and oxygen atoms in total. The van der Waals surface area contributed by atoms with Crippen LogP contribution >= 0.6 is 11.8 Å². The van der Waals surface area contributed by atoms with Crippen molar-refractivity contribution in [1.29, 1.82) is 5.41 Å². The number of benzene rings is 2. The summed E-state index contributed by atoms with van der Waals surface area (Å²) >= 11 is 1.35. The molecule has 0 saturated carbocycles. The van der Waals surface area contributed by atoms with E-state index in [0.717, 1.165) is 33.8 Å². The van der Waals surface area contributed by atoms with Crippen molar-refractivity contribution in [2.75, 3.05) is 6.26 Å². The number of rotatable bonds is 4. The predicted molar refractivity (Wildman–Crippen MR) is 92.1 cm³/mol. The molecule has 2 N–H and O–H groups in total. The summed E-state index contributed by atoms with van der Waals surface area (Å²) in [6, 6.07) is 13.7. The van der Waals surface area contributed by atoms with E-state index in [2.05, 4.69) is 5.32 Å². The van der Waals surface area contributed by atoms with Gasteiger partial charge in [0.2, 0.25) is 0 Å². The monoisotopic (exact) mass is 310 g/mol. The molecular weight excluding hydrogens is 296 g/mol. The summed E-state index contributed by atoms with van der Waals surface area (Å²) in [7, 11) is 0. The molecule has 110 valence electrons. The third-order valence-electron chi connectivity index (χ3n) is 3.35. The van der Waals surface area contributed by atoms with Gasteiger partial charge < -0.3 is 9.73 Å². The number of para-hydroxylation sites is 1. The molecule has 0 aliphatic heterocycles. The van der Waals surface area contributed by atoms with Crippen LogP contribution in [0.25, 0.3) is 28.0 Å². The SMILES string of the molecule is CS/C(=C\c1ccc2oc3ccccc3c2c1)C(=O)NC=N. The first-order chi connectivity index (χ1) is 10.7. The first-order valence-corrected chi connectivity index (χ1v) is 7.92. The van der Waals surface area contributed by atoms with Gasteiger partial charge >= 0.3 is 0 Å². The Hall–Kier alpha value is -2.53. The topological polar surface area (TPSA) is 66.1 Å². The Morgan fingerprint density at radius 1 is 1.18 bits per heavy atom. The van der Waals surface area contributed by atoms with Crippen LogP contribution in [0.15, 0.2) is 51.8 Å². The van der Waals surface area contributed by atoms with Crippen LogP contribution < -0.4 is 5.32 Å². The second-order valence-electron chi connectivity index (χ2n) is 4.68. The quantitative estimate of drug-likeness (QED) is 0.434. The molecule has 3 aromatic rings. The van der Waals surface area contributed by atoms with Crippen LogP contribution in [0.3, 0.4) is 0 Å². The molecule has 0 aliphatic rings. The molecule has 0 bridgehead atoms. The minimum Gasteiger partial charge on any atom is -0.456 e. The lowest BCUT2D eigenvalue weighted by Gasteiger charge is -2.02. The molecule has 1 amide bonds. The average Bonchev–Trinajstić information content (AvgIpc) is 2.90. The summed E-state index contributed by atoms with van der Waals surface area (Å²) in [5, 5.41) is 11.4. The fraction of sp³-hybridized carbons (Fsp3) is 0.0588. The number of nitrogens with one attached hydrogen (secondary N) is 2. The van der Waals surface area contributed by atoms with Crippen LogP contribution in [0.2, 0.25) is 0 Å². The minimum atomic E-state index is -0.278. The third-order valence-corrected chi connectivity index (χ3v) is 4.09. The van der Waals surface area contributed by atoms with Crippen molar-refractivity contribution >= 4 is 52.0 Å². The molecule has 0 atom stereocenters. The number of thioether (sulfide) groups is 1. The number of hydrogen-bond acceptors (Lipinski definition) is 4. The van der Waals surface area contributed by atoms with E-state index in [1.165, 1.54) is 11.8 Å². The van der Waals surface area contributed by atoms with Crippen molar-refractivity contribution in [3.8, 4) is 0 Å². The first kappa shape index (κ1) is 14.4. The molecule has 0 fully saturated rings. The molecule has 22 heavy (non-hydrogen) atoms. The highest BCUT2D eigenvalue weighted by Crippen LogP contribution is 2.30. The van der Waals surface area contributed by atoms with E-state index in [1.54, 1.807) is 0 Å².